The van der Waals surface area contributed by atoms with Gasteiger partial charge >= 0.3 is 12.1 Å². The maximum Gasteiger partial charge on any atom is 0.416 e. The van der Waals surface area contributed by atoms with Crippen molar-refractivity contribution in [2.75, 3.05) is 5.32 Å². The molecule has 0 amide bonds. The van der Waals surface area contributed by atoms with Crippen LogP contribution < -0.4 is 5.32 Å². The highest BCUT2D eigenvalue weighted by atomic mass is 35.5. The molecule has 112 valence electrons. The molecule has 0 aliphatic rings. The molecule has 9 heteroatoms. The van der Waals surface area contributed by atoms with E-state index in [1.54, 1.807) is 5.38 Å². The summed E-state index contributed by atoms with van der Waals surface area (Å²) < 4.78 is 37.5. The molecule has 1 aromatic carbocycles. The van der Waals surface area contributed by atoms with Gasteiger partial charge in [-0.1, -0.05) is 11.6 Å². The molecule has 0 saturated carbocycles. The number of aromatic nitrogens is 1. The van der Waals surface area contributed by atoms with Crippen molar-refractivity contribution in [2.45, 2.75) is 12.7 Å². The Balaban J connectivity index is 2.08. The first-order valence-corrected chi connectivity index (χ1v) is 6.81. The summed E-state index contributed by atoms with van der Waals surface area (Å²) in [4.78, 5) is 14.5. The SMILES string of the molecule is O=C(O)c1nc(CNc2ccc(C(F)(F)F)cc2Cl)cs1. The van der Waals surface area contributed by atoms with Gasteiger partial charge in [-0.25, -0.2) is 9.78 Å². The third-order valence-electron chi connectivity index (χ3n) is 2.49. The Morgan fingerprint density at radius 3 is 2.67 bits per heavy atom. The Morgan fingerprint density at radius 2 is 2.14 bits per heavy atom. The summed E-state index contributed by atoms with van der Waals surface area (Å²) >= 11 is 6.75. The van der Waals surface area contributed by atoms with Crippen molar-refractivity contribution in [2.24, 2.45) is 0 Å². The van der Waals surface area contributed by atoms with Crippen LogP contribution in [0.5, 0.6) is 0 Å². The number of aromatic carboxylic acids is 1. The van der Waals surface area contributed by atoms with Gasteiger partial charge in [0.05, 0.1) is 28.5 Å². The number of carboxylic acid groups (broad SMARTS) is 1. The monoisotopic (exact) mass is 336 g/mol. The van der Waals surface area contributed by atoms with E-state index in [1.165, 1.54) is 6.07 Å². The van der Waals surface area contributed by atoms with Gasteiger partial charge in [-0.15, -0.1) is 11.3 Å². The number of anilines is 1. The van der Waals surface area contributed by atoms with Crippen LogP contribution in [0, 0.1) is 0 Å². The average molecular weight is 337 g/mol. The minimum Gasteiger partial charge on any atom is -0.476 e. The summed E-state index contributed by atoms with van der Waals surface area (Å²) in [6.45, 7) is 0.162. The second-order valence-electron chi connectivity index (χ2n) is 4.00. The van der Waals surface area contributed by atoms with Crippen molar-refractivity contribution < 1.29 is 23.1 Å². The van der Waals surface area contributed by atoms with Crippen LogP contribution >= 0.6 is 22.9 Å². The number of nitrogens with one attached hydrogen (secondary N) is 1. The van der Waals surface area contributed by atoms with Crippen molar-refractivity contribution in [3.8, 4) is 0 Å². The number of rotatable bonds is 4. The molecule has 0 aliphatic heterocycles. The minimum absolute atomic E-state index is 0.0506. The fraction of sp³-hybridized carbons (Fsp3) is 0.167. The second kappa shape index (κ2) is 5.90. The van der Waals surface area contributed by atoms with Gasteiger partial charge in [-0.3, -0.25) is 0 Å². The molecule has 2 aromatic rings. The number of hydrogen-bond acceptors (Lipinski definition) is 4. The van der Waals surface area contributed by atoms with E-state index < -0.39 is 17.7 Å². The molecule has 0 radical (unpaired) electrons. The Labute approximate surface area is 126 Å². The van der Waals surface area contributed by atoms with Crippen LogP contribution in [0.1, 0.15) is 21.1 Å². The highest BCUT2D eigenvalue weighted by Crippen LogP contribution is 2.33. The third kappa shape index (κ3) is 3.85. The quantitative estimate of drug-likeness (QED) is 0.881. The maximum atomic E-state index is 12.5. The maximum absolute atomic E-state index is 12.5. The van der Waals surface area contributed by atoms with Gasteiger partial charge in [0.25, 0.3) is 0 Å². The van der Waals surface area contributed by atoms with Gasteiger partial charge in [-0.2, -0.15) is 13.2 Å². The molecule has 4 nitrogen and oxygen atoms in total. The molecule has 1 aromatic heterocycles. The highest BCUT2D eigenvalue weighted by molar-refractivity contribution is 7.11. The topological polar surface area (TPSA) is 62.2 Å². The minimum atomic E-state index is -4.45. The summed E-state index contributed by atoms with van der Waals surface area (Å²) in [7, 11) is 0. The molecule has 0 fully saturated rings. The normalized spacial score (nSPS) is 11.4. The largest absolute Gasteiger partial charge is 0.476 e. The van der Waals surface area contributed by atoms with E-state index in [0.29, 0.717) is 11.4 Å². The highest BCUT2D eigenvalue weighted by Gasteiger charge is 2.30. The van der Waals surface area contributed by atoms with Crippen LogP contribution in [0.15, 0.2) is 23.6 Å². The molecule has 21 heavy (non-hydrogen) atoms. The molecule has 0 spiro atoms. The van der Waals surface area contributed by atoms with Crippen LogP contribution in [0.2, 0.25) is 5.02 Å². The number of carboxylic acids is 1. The molecule has 0 bridgehead atoms. The predicted molar refractivity (Wildman–Crippen MR) is 72.9 cm³/mol. The van der Waals surface area contributed by atoms with Gasteiger partial charge in [0.2, 0.25) is 5.01 Å². The lowest BCUT2D eigenvalue weighted by Gasteiger charge is -2.11. The van der Waals surface area contributed by atoms with Gasteiger partial charge in [0.1, 0.15) is 0 Å². The first-order valence-electron chi connectivity index (χ1n) is 5.55. The van der Waals surface area contributed by atoms with Crippen molar-refractivity contribution in [3.63, 3.8) is 0 Å². The molecule has 0 saturated heterocycles. The van der Waals surface area contributed by atoms with Crippen LogP contribution in [0.3, 0.4) is 0 Å². The zero-order chi connectivity index (χ0) is 15.6. The third-order valence-corrected chi connectivity index (χ3v) is 3.68. The van der Waals surface area contributed by atoms with Gasteiger partial charge in [-0.05, 0) is 18.2 Å². The van der Waals surface area contributed by atoms with E-state index in [9.17, 15) is 18.0 Å². The number of hydrogen-bond donors (Lipinski definition) is 2. The average Bonchev–Trinajstić information content (AvgIpc) is 2.85. The van der Waals surface area contributed by atoms with Crippen LogP contribution in [0.25, 0.3) is 0 Å². The lowest BCUT2D eigenvalue weighted by molar-refractivity contribution is -0.137. The van der Waals surface area contributed by atoms with Crippen molar-refractivity contribution >= 4 is 34.6 Å². The van der Waals surface area contributed by atoms with Crippen molar-refractivity contribution in [3.05, 3.63) is 44.9 Å². The standard InChI is InChI=1S/C12H8ClF3N2O2S/c13-8-3-6(12(14,15)16)1-2-9(8)17-4-7-5-21-10(18-7)11(19)20/h1-3,5,17H,4H2,(H,19,20). The first kappa shape index (κ1) is 15.6. The van der Waals surface area contributed by atoms with E-state index in [4.69, 9.17) is 16.7 Å². The molecule has 2 N–H and O–H groups in total. The van der Waals surface area contributed by atoms with Crippen LogP contribution in [-0.4, -0.2) is 16.1 Å². The van der Waals surface area contributed by atoms with E-state index in [0.717, 1.165) is 23.5 Å². The molecular weight excluding hydrogens is 329 g/mol. The van der Waals surface area contributed by atoms with E-state index in [2.05, 4.69) is 10.3 Å². The van der Waals surface area contributed by atoms with E-state index >= 15 is 0 Å². The number of benzene rings is 1. The summed E-state index contributed by atoms with van der Waals surface area (Å²) in [6, 6.07) is 2.96. The number of nitrogens with zero attached hydrogens (tertiary/aromatic N) is 1. The Bertz CT molecular complexity index is 673. The van der Waals surface area contributed by atoms with Crippen LogP contribution in [-0.2, 0) is 12.7 Å². The summed E-state index contributed by atoms with van der Waals surface area (Å²) in [5.41, 5.74) is -0.0530. The van der Waals surface area contributed by atoms with Crippen molar-refractivity contribution in [1.82, 2.24) is 4.98 Å². The lowest BCUT2D eigenvalue weighted by atomic mass is 10.2. The number of halogens is 4. The number of carbonyl (C=O) groups is 1. The summed E-state index contributed by atoms with van der Waals surface area (Å²) in [5, 5.41) is 13.0. The smallest absolute Gasteiger partial charge is 0.416 e. The Hall–Kier alpha value is -1.80. The Morgan fingerprint density at radius 1 is 1.43 bits per heavy atom. The zero-order valence-corrected chi connectivity index (χ0v) is 11.8. The molecular formula is C12H8ClF3N2O2S. The van der Waals surface area contributed by atoms with Gasteiger partial charge < -0.3 is 10.4 Å². The number of alkyl halides is 3. The van der Waals surface area contributed by atoms with E-state index in [1.807, 2.05) is 0 Å². The lowest BCUT2D eigenvalue weighted by Crippen LogP contribution is -2.06. The predicted octanol–water partition coefficient (Wildman–Crippen LogP) is 4.13. The molecule has 0 aliphatic carbocycles. The van der Waals surface area contributed by atoms with Gasteiger partial charge in [0, 0.05) is 5.38 Å². The van der Waals surface area contributed by atoms with E-state index in [-0.39, 0.29) is 16.6 Å². The fourth-order valence-electron chi connectivity index (χ4n) is 1.51. The summed E-state index contributed by atoms with van der Waals surface area (Å²) in [5.74, 6) is -1.13. The molecule has 2 rings (SSSR count). The van der Waals surface area contributed by atoms with Crippen molar-refractivity contribution in [1.29, 1.82) is 0 Å². The molecule has 0 atom stereocenters. The first-order chi connectivity index (χ1) is 9.77. The summed E-state index contributed by atoms with van der Waals surface area (Å²) in [6.07, 6.45) is -4.45. The number of thiazole rings is 1. The molecule has 1 heterocycles. The second-order valence-corrected chi connectivity index (χ2v) is 5.26. The van der Waals surface area contributed by atoms with Gasteiger partial charge in [0.15, 0.2) is 0 Å². The Kier molecular flexibility index (Phi) is 4.38. The fourth-order valence-corrected chi connectivity index (χ4v) is 2.41. The molecule has 0 unspecified atom stereocenters. The zero-order valence-electron chi connectivity index (χ0n) is 10.2. The van der Waals surface area contributed by atoms with Crippen LogP contribution in [0.4, 0.5) is 18.9 Å².